The Morgan fingerprint density at radius 3 is 2.52 bits per heavy atom. The van der Waals surface area contributed by atoms with E-state index in [1.807, 2.05) is 18.4 Å². The molecule has 0 spiro atoms. The first kappa shape index (κ1) is 17.2. The summed E-state index contributed by atoms with van der Waals surface area (Å²) in [5.74, 6) is 0.394. The molecule has 0 aromatic heterocycles. The molecule has 1 unspecified atom stereocenters. The van der Waals surface area contributed by atoms with E-state index in [2.05, 4.69) is 10.6 Å². The van der Waals surface area contributed by atoms with Crippen molar-refractivity contribution < 1.29 is 19.4 Å². The highest BCUT2D eigenvalue weighted by Gasteiger charge is 2.18. The summed E-state index contributed by atoms with van der Waals surface area (Å²) in [6.07, 6.45) is 2.29. The van der Waals surface area contributed by atoms with Gasteiger partial charge in [0, 0.05) is 6.54 Å². The number of hydrogen-bond acceptors (Lipinski definition) is 4. The molecule has 0 saturated carbocycles. The maximum absolute atomic E-state index is 11.7. The van der Waals surface area contributed by atoms with Crippen molar-refractivity contribution in [3.05, 3.63) is 29.8 Å². The molecule has 1 aromatic carbocycles. The molecule has 0 bridgehead atoms. The maximum atomic E-state index is 11.7. The zero-order valence-corrected chi connectivity index (χ0v) is 12.9. The molecular weight excluding hydrogens is 292 g/mol. The molecule has 0 aliphatic heterocycles. The van der Waals surface area contributed by atoms with E-state index in [1.54, 1.807) is 31.0 Å². The van der Waals surface area contributed by atoms with Gasteiger partial charge in [-0.15, -0.1) is 0 Å². The number of rotatable bonds is 8. The number of nitrogens with one attached hydrogen (secondary N) is 2. The van der Waals surface area contributed by atoms with Crippen LogP contribution in [0.15, 0.2) is 24.3 Å². The molecule has 0 radical (unpaired) electrons. The average Bonchev–Trinajstić information content (AvgIpc) is 2.49. The van der Waals surface area contributed by atoms with Crippen LogP contribution in [0.25, 0.3) is 0 Å². The molecule has 1 aromatic rings. The molecule has 0 saturated heterocycles. The van der Waals surface area contributed by atoms with Gasteiger partial charge in [-0.2, -0.15) is 11.8 Å². The molecule has 0 aliphatic rings. The number of carbonyl (C=O) groups excluding carboxylic acids is 1. The topological polar surface area (TPSA) is 87.7 Å². The number of aliphatic carboxylic acids is 1. The number of thioether (sulfide) groups is 1. The molecule has 3 N–H and O–H groups in total. The van der Waals surface area contributed by atoms with E-state index in [0.717, 1.165) is 11.3 Å². The first-order chi connectivity index (χ1) is 10.1. The Morgan fingerprint density at radius 1 is 1.33 bits per heavy atom. The highest BCUT2D eigenvalue weighted by atomic mass is 32.2. The van der Waals surface area contributed by atoms with Crippen LogP contribution in [0.4, 0.5) is 4.79 Å². The molecule has 1 rings (SSSR count). The zero-order valence-electron chi connectivity index (χ0n) is 12.1. The molecular formula is C14H20N2O4S. The lowest BCUT2D eigenvalue weighted by atomic mass is 10.2. The largest absolute Gasteiger partial charge is 0.497 e. The normalized spacial score (nSPS) is 11.5. The summed E-state index contributed by atoms with van der Waals surface area (Å²) in [4.78, 5) is 22.7. The predicted octanol–water partition coefficient (Wildman–Crippen LogP) is 1.70. The van der Waals surface area contributed by atoms with Gasteiger partial charge in [-0.3, -0.25) is 0 Å². The van der Waals surface area contributed by atoms with Crippen molar-refractivity contribution in [1.29, 1.82) is 0 Å². The van der Waals surface area contributed by atoms with Gasteiger partial charge in [0.25, 0.3) is 0 Å². The number of hydrogen-bond donors (Lipinski definition) is 3. The summed E-state index contributed by atoms with van der Waals surface area (Å²) in [5, 5.41) is 14.1. The highest BCUT2D eigenvalue weighted by molar-refractivity contribution is 7.98. The summed E-state index contributed by atoms with van der Waals surface area (Å²) in [5.41, 5.74) is 0.905. The van der Waals surface area contributed by atoms with E-state index in [4.69, 9.17) is 9.84 Å². The lowest BCUT2D eigenvalue weighted by molar-refractivity contribution is -0.139. The van der Waals surface area contributed by atoms with Crippen molar-refractivity contribution in [3.8, 4) is 5.75 Å². The third-order valence-electron chi connectivity index (χ3n) is 2.83. The Labute approximate surface area is 128 Å². The van der Waals surface area contributed by atoms with Gasteiger partial charge >= 0.3 is 12.0 Å². The lowest BCUT2D eigenvalue weighted by Crippen LogP contribution is -2.46. The van der Waals surface area contributed by atoms with E-state index < -0.39 is 18.0 Å². The fourth-order valence-electron chi connectivity index (χ4n) is 1.63. The van der Waals surface area contributed by atoms with Gasteiger partial charge in [0.05, 0.1) is 7.11 Å². The molecule has 0 aliphatic carbocycles. The number of urea groups is 1. The molecule has 21 heavy (non-hydrogen) atoms. The van der Waals surface area contributed by atoms with Crippen LogP contribution in [0.5, 0.6) is 5.75 Å². The molecule has 7 heteroatoms. The van der Waals surface area contributed by atoms with Crippen molar-refractivity contribution >= 4 is 23.8 Å². The van der Waals surface area contributed by atoms with Gasteiger partial charge in [-0.05, 0) is 36.1 Å². The number of amides is 2. The smallest absolute Gasteiger partial charge is 0.326 e. The third kappa shape index (κ3) is 6.40. The quantitative estimate of drug-likeness (QED) is 0.680. The number of methoxy groups -OCH3 is 1. The second-order valence-corrected chi connectivity index (χ2v) is 5.33. The van der Waals surface area contributed by atoms with Gasteiger partial charge < -0.3 is 20.5 Å². The zero-order chi connectivity index (χ0) is 15.7. The summed E-state index contributed by atoms with van der Waals surface area (Å²) < 4.78 is 5.04. The molecule has 2 amide bonds. The fraction of sp³-hybridized carbons (Fsp3) is 0.429. The van der Waals surface area contributed by atoms with Crippen molar-refractivity contribution in [2.45, 2.75) is 19.0 Å². The van der Waals surface area contributed by atoms with E-state index >= 15 is 0 Å². The Balaban J connectivity index is 2.42. The molecule has 1 atom stereocenters. The number of benzene rings is 1. The van der Waals surface area contributed by atoms with Crippen LogP contribution in [0.1, 0.15) is 12.0 Å². The number of carboxylic acids is 1. The van der Waals surface area contributed by atoms with E-state index in [0.29, 0.717) is 18.7 Å². The minimum Gasteiger partial charge on any atom is -0.497 e. The van der Waals surface area contributed by atoms with Gasteiger partial charge in [-0.1, -0.05) is 12.1 Å². The monoisotopic (exact) mass is 312 g/mol. The van der Waals surface area contributed by atoms with Crippen LogP contribution in [-0.4, -0.2) is 42.3 Å². The van der Waals surface area contributed by atoms with Gasteiger partial charge in [-0.25, -0.2) is 9.59 Å². The molecule has 6 nitrogen and oxygen atoms in total. The minimum atomic E-state index is -1.02. The Bertz CT molecular complexity index is 465. The summed E-state index contributed by atoms with van der Waals surface area (Å²) >= 11 is 1.54. The Morgan fingerprint density at radius 2 is 2.00 bits per heavy atom. The SMILES string of the molecule is COc1ccc(CNC(=O)NC(CCSC)C(=O)O)cc1. The second kappa shape index (κ2) is 9.12. The fourth-order valence-corrected chi connectivity index (χ4v) is 2.10. The average molecular weight is 312 g/mol. The van der Waals surface area contributed by atoms with E-state index in [-0.39, 0.29) is 0 Å². The van der Waals surface area contributed by atoms with Crippen molar-refractivity contribution in [2.24, 2.45) is 0 Å². The summed E-state index contributed by atoms with van der Waals surface area (Å²) in [6.45, 7) is 0.324. The van der Waals surface area contributed by atoms with Crippen LogP contribution in [-0.2, 0) is 11.3 Å². The van der Waals surface area contributed by atoms with Crippen molar-refractivity contribution in [2.75, 3.05) is 19.1 Å². The van der Waals surface area contributed by atoms with Gasteiger partial charge in [0.1, 0.15) is 11.8 Å². The lowest BCUT2D eigenvalue weighted by Gasteiger charge is -2.14. The minimum absolute atomic E-state index is 0.324. The Kier molecular flexibility index (Phi) is 7.45. The molecule has 116 valence electrons. The van der Waals surface area contributed by atoms with Crippen molar-refractivity contribution in [3.63, 3.8) is 0 Å². The van der Waals surface area contributed by atoms with E-state index in [9.17, 15) is 9.59 Å². The standard InChI is InChI=1S/C14H20N2O4S/c1-20-11-5-3-10(4-6-11)9-15-14(19)16-12(13(17)18)7-8-21-2/h3-6,12H,7-9H2,1-2H3,(H,17,18)(H2,15,16,19). The summed E-state index contributed by atoms with van der Waals surface area (Å²) in [7, 11) is 1.58. The van der Waals surface area contributed by atoms with Gasteiger partial charge in [0.15, 0.2) is 0 Å². The maximum Gasteiger partial charge on any atom is 0.326 e. The first-order valence-corrected chi connectivity index (χ1v) is 7.85. The van der Waals surface area contributed by atoms with Crippen LogP contribution in [0, 0.1) is 0 Å². The first-order valence-electron chi connectivity index (χ1n) is 6.46. The number of carbonyl (C=O) groups is 2. The van der Waals surface area contributed by atoms with Crippen LogP contribution >= 0.6 is 11.8 Å². The van der Waals surface area contributed by atoms with Crippen LogP contribution in [0.3, 0.4) is 0 Å². The van der Waals surface area contributed by atoms with E-state index in [1.165, 1.54) is 0 Å². The van der Waals surface area contributed by atoms with Crippen LogP contribution in [0.2, 0.25) is 0 Å². The summed E-state index contributed by atoms with van der Waals surface area (Å²) in [6, 6.07) is 5.91. The van der Waals surface area contributed by atoms with Crippen molar-refractivity contribution in [1.82, 2.24) is 10.6 Å². The van der Waals surface area contributed by atoms with Gasteiger partial charge in [0.2, 0.25) is 0 Å². The molecule has 0 fully saturated rings. The Hall–Kier alpha value is -1.89. The highest BCUT2D eigenvalue weighted by Crippen LogP contribution is 2.10. The number of ether oxygens (including phenoxy) is 1. The number of carboxylic acid groups (broad SMARTS) is 1. The van der Waals surface area contributed by atoms with Crippen LogP contribution < -0.4 is 15.4 Å². The second-order valence-electron chi connectivity index (χ2n) is 4.35. The third-order valence-corrected chi connectivity index (χ3v) is 3.47. The predicted molar refractivity (Wildman–Crippen MR) is 82.8 cm³/mol. The molecule has 0 heterocycles.